The molecule has 0 fully saturated rings. The smallest absolute Gasteiger partial charge is 0.412 e. The Kier molecular flexibility index (Phi) is 5.63. The van der Waals surface area contributed by atoms with E-state index in [1.54, 1.807) is 63.5 Å². The van der Waals surface area contributed by atoms with Crippen LogP contribution in [0.4, 0.5) is 20.6 Å². The second-order valence-corrected chi connectivity index (χ2v) is 7.30. The van der Waals surface area contributed by atoms with Crippen molar-refractivity contribution in [3.8, 4) is 5.69 Å². The molecule has 3 aromatic rings. The Morgan fingerprint density at radius 3 is 2.48 bits per heavy atom. The standard InChI is InChI=1S/C21H21FN4O3/c1-21(2,3)29-20(28)25-15-6-4-5-14(11-15)19(27)24-16-7-8-18(17(22)12-16)26-10-9-23-13-26/h4-13H,1-3H3,(H,24,27)(H,25,28). The van der Waals surface area contributed by atoms with Gasteiger partial charge >= 0.3 is 6.09 Å². The summed E-state index contributed by atoms with van der Waals surface area (Å²) in [4.78, 5) is 28.3. The highest BCUT2D eigenvalue weighted by molar-refractivity contribution is 6.05. The molecule has 0 aliphatic carbocycles. The van der Waals surface area contributed by atoms with Gasteiger partial charge in [0.25, 0.3) is 5.91 Å². The van der Waals surface area contributed by atoms with Gasteiger partial charge in [-0.25, -0.2) is 14.2 Å². The number of benzene rings is 2. The quantitative estimate of drug-likeness (QED) is 0.674. The van der Waals surface area contributed by atoms with Gasteiger partial charge in [-0.15, -0.1) is 0 Å². The van der Waals surface area contributed by atoms with Crippen LogP contribution in [0.15, 0.2) is 61.2 Å². The largest absolute Gasteiger partial charge is 0.444 e. The molecule has 7 nitrogen and oxygen atoms in total. The molecular formula is C21H21FN4O3. The number of nitrogens with zero attached hydrogens (tertiary/aromatic N) is 2. The zero-order chi connectivity index (χ0) is 21.0. The minimum atomic E-state index is -0.633. The molecule has 0 aliphatic rings. The molecule has 29 heavy (non-hydrogen) atoms. The van der Waals surface area contributed by atoms with Gasteiger partial charge in [0.05, 0.1) is 12.0 Å². The molecule has 0 saturated carbocycles. The second-order valence-electron chi connectivity index (χ2n) is 7.30. The fourth-order valence-electron chi connectivity index (χ4n) is 2.56. The predicted molar refractivity (Wildman–Crippen MR) is 108 cm³/mol. The van der Waals surface area contributed by atoms with E-state index < -0.39 is 23.4 Å². The molecule has 8 heteroatoms. The van der Waals surface area contributed by atoms with Gasteiger partial charge in [0.2, 0.25) is 0 Å². The number of anilines is 2. The van der Waals surface area contributed by atoms with Crippen LogP contribution in [0.1, 0.15) is 31.1 Å². The normalized spacial score (nSPS) is 11.0. The molecular weight excluding hydrogens is 375 g/mol. The third-order valence-electron chi connectivity index (χ3n) is 3.76. The summed E-state index contributed by atoms with van der Waals surface area (Å²) in [6.07, 6.45) is 4.04. The van der Waals surface area contributed by atoms with Crippen molar-refractivity contribution in [2.45, 2.75) is 26.4 Å². The second kappa shape index (κ2) is 8.14. The lowest BCUT2D eigenvalue weighted by molar-refractivity contribution is 0.0635. The van der Waals surface area contributed by atoms with Gasteiger partial charge < -0.3 is 14.6 Å². The van der Waals surface area contributed by atoms with Crippen LogP contribution >= 0.6 is 0 Å². The summed E-state index contributed by atoms with van der Waals surface area (Å²) in [7, 11) is 0. The summed E-state index contributed by atoms with van der Waals surface area (Å²) in [5.74, 6) is -0.936. The lowest BCUT2D eigenvalue weighted by Crippen LogP contribution is -2.27. The van der Waals surface area contributed by atoms with Gasteiger partial charge in [-0.2, -0.15) is 0 Å². The van der Waals surface area contributed by atoms with Crippen molar-refractivity contribution in [2.24, 2.45) is 0 Å². The number of amides is 2. The fourth-order valence-corrected chi connectivity index (χ4v) is 2.56. The van der Waals surface area contributed by atoms with Crippen LogP contribution in [0, 0.1) is 5.82 Å². The Balaban J connectivity index is 1.69. The number of carbonyl (C=O) groups is 2. The van der Waals surface area contributed by atoms with Gasteiger partial charge in [-0.05, 0) is 57.2 Å². The van der Waals surface area contributed by atoms with E-state index in [0.29, 0.717) is 22.6 Å². The van der Waals surface area contributed by atoms with E-state index in [2.05, 4.69) is 15.6 Å². The van der Waals surface area contributed by atoms with Gasteiger partial charge in [0.1, 0.15) is 11.4 Å². The summed E-state index contributed by atoms with van der Waals surface area (Å²) in [5.41, 5.74) is 0.712. The molecule has 3 rings (SSSR count). The average Bonchev–Trinajstić information content (AvgIpc) is 3.14. The molecule has 2 aromatic carbocycles. The first-order valence-electron chi connectivity index (χ1n) is 8.90. The van der Waals surface area contributed by atoms with E-state index in [9.17, 15) is 14.0 Å². The van der Waals surface area contributed by atoms with Crippen molar-refractivity contribution in [1.29, 1.82) is 0 Å². The SMILES string of the molecule is CC(C)(C)OC(=O)Nc1cccc(C(=O)Nc2ccc(-n3ccnc3)c(F)c2)c1. The van der Waals surface area contributed by atoms with Crippen LogP contribution in [0.25, 0.3) is 5.69 Å². The molecule has 2 amide bonds. The zero-order valence-electron chi connectivity index (χ0n) is 16.3. The Morgan fingerprint density at radius 1 is 1.07 bits per heavy atom. The first-order chi connectivity index (χ1) is 13.7. The number of hydrogen-bond acceptors (Lipinski definition) is 4. The van der Waals surface area contributed by atoms with Crippen LogP contribution in [-0.4, -0.2) is 27.2 Å². The van der Waals surface area contributed by atoms with Gasteiger partial charge in [-0.1, -0.05) is 6.07 Å². The number of nitrogens with one attached hydrogen (secondary N) is 2. The molecule has 0 aliphatic heterocycles. The molecule has 0 saturated heterocycles. The maximum atomic E-state index is 14.3. The number of ether oxygens (including phenoxy) is 1. The van der Waals surface area contributed by atoms with Gasteiger partial charge in [0.15, 0.2) is 0 Å². The van der Waals surface area contributed by atoms with E-state index in [4.69, 9.17) is 4.74 Å². The average molecular weight is 396 g/mol. The zero-order valence-corrected chi connectivity index (χ0v) is 16.3. The molecule has 0 unspecified atom stereocenters. The van der Waals surface area contributed by atoms with Crippen molar-refractivity contribution in [1.82, 2.24) is 9.55 Å². The van der Waals surface area contributed by atoms with Crippen molar-refractivity contribution in [3.05, 3.63) is 72.6 Å². The summed E-state index contributed by atoms with van der Waals surface area (Å²) in [5, 5.41) is 5.22. The van der Waals surface area contributed by atoms with Gasteiger partial charge in [-0.3, -0.25) is 10.1 Å². The van der Waals surface area contributed by atoms with Crippen molar-refractivity contribution >= 4 is 23.4 Å². The molecule has 0 spiro atoms. The summed E-state index contributed by atoms with van der Waals surface area (Å²) in [6.45, 7) is 5.27. The van der Waals surface area contributed by atoms with E-state index in [-0.39, 0.29) is 0 Å². The highest BCUT2D eigenvalue weighted by Crippen LogP contribution is 2.20. The van der Waals surface area contributed by atoms with Crippen molar-refractivity contribution < 1.29 is 18.7 Å². The number of aromatic nitrogens is 2. The monoisotopic (exact) mass is 396 g/mol. The summed E-state index contributed by atoms with van der Waals surface area (Å²) >= 11 is 0. The number of rotatable bonds is 4. The van der Waals surface area contributed by atoms with Crippen LogP contribution in [0.3, 0.4) is 0 Å². The molecule has 1 heterocycles. The molecule has 0 atom stereocenters. The number of imidazole rings is 1. The lowest BCUT2D eigenvalue weighted by Gasteiger charge is -2.19. The lowest BCUT2D eigenvalue weighted by atomic mass is 10.1. The Morgan fingerprint density at radius 2 is 1.83 bits per heavy atom. The minimum absolute atomic E-state index is 0.303. The van der Waals surface area contributed by atoms with Gasteiger partial charge in [0, 0.05) is 29.3 Å². The summed E-state index contributed by atoms with van der Waals surface area (Å²) in [6, 6.07) is 10.7. The van der Waals surface area contributed by atoms with E-state index in [0.717, 1.165) is 0 Å². The van der Waals surface area contributed by atoms with Crippen LogP contribution in [0.5, 0.6) is 0 Å². The van der Waals surface area contributed by atoms with Crippen LogP contribution in [0.2, 0.25) is 0 Å². The number of halogens is 1. The third kappa shape index (κ3) is 5.41. The Hall–Kier alpha value is -3.68. The topological polar surface area (TPSA) is 85.2 Å². The molecule has 1 aromatic heterocycles. The molecule has 150 valence electrons. The summed E-state index contributed by atoms with van der Waals surface area (Å²) < 4.78 is 21.1. The highest BCUT2D eigenvalue weighted by atomic mass is 19.1. The van der Waals surface area contributed by atoms with E-state index in [1.807, 2.05) is 0 Å². The first-order valence-corrected chi connectivity index (χ1v) is 8.90. The van der Waals surface area contributed by atoms with Crippen LogP contribution < -0.4 is 10.6 Å². The molecule has 0 bridgehead atoms. The van der Waals surface area contributed by atoms with E-state index in [1.165, 1.54) is 23.0 Å². The predicted octanol–water partition coefficient (Wildman–Crippen LogP) is 4.61. The fraction of sp³-hybridized carbons (Fsp3) is 0.190. The Bertz CT molecular complexity index is 1030. The third-order valence-corrected chi connectivity index (χ3v) is 3.76. The number of carbonyl (C=O) groups excluding carboxylic acids is 2. The van der Waals surface area contributed by atoms with E-state index >= 15 is 0 Å². The highest BCUT2D eigenvalue weighted by Gasteiger charge is 2.17. The maximum Gasteiger partial charge on any atom is 0.412 e. The Labute approximate surface area is 167 Å². The first kappa shape index (κ1) is 20.1. The minimum Gasteiger partial charge on any atom is -0.444 e. The molecule has 2 N–H and O–H groups in total. The molecule has 0 radical (unpaired) electrons. The maximum absolute atomic E-state index is 14.3. The van der Waals surface area contributed by atoms with Crippen molar-refractivity contribution in [3.63, 3.8) is 0 Å². The van der Waals surface area contributed by atoms with Crippen LogP contribution in [-0.2, 0) is 4.74 Å². The number of hydrogen-bond donors (Lipinski definition) is 2. The van der Waals surface area contributed by atoms with Crippen molar-refractivity contribution in [2.75, 3.05) is 10.6 Å².